The predicted octanol–water partition coefficient (Wildman–Crippen LogP) is 0.344. The second-order valence-electron chi connectivity index (χ2n) is 5.56. The number of hydrogen-bond donors (Lipinski definition) is 3. The second kappa shape index (κ2) is 6.41. The highest BCUT2D eigenvalue weighted by Gasteiger charge is 2.36. The Morgan fingerprint density at radius 1 is 1.45 bits per heavy atom. The zero-order valence-electron chi connectivity index (χ0n) is 11.7. The summed E-state index contributed by atoms with van der Waals surface area (Å²) in [7, 11) is 1.61. The third-order valence-corrected chi connectivity index (χ3v) is 4.19. The number of nitrogens with one attached hydrogen (secondary N) is 2. The van der Waals surface area contributed by atoms with Crippen molar-refractivity contribution in [1.82, 2.24) is 10.6 Å². The van der Waals surface area contributed by atoms with E-state index in [1.54, 1.807) is 7.11 Å². The average molecular weight is 286 g/mol. The van der Waals surface area contributed by atoms with Crippen LogP contribution in [-0.2, 0) is 14.3 Å². The third-order valence-electron chi connectivity index (χ3n) is 4.19. The lowest BCUT2D eigenvalue weighted by molar-refractivity contribution is -0.141. The number of carbonyl (C=O) groups excluding carboxylic acids is 1. The van der Waals surface area contributed by atoms with Gasteiger partial charge in [-0.05, 0) is 19.3 Å². The Morgan fingerprint density at radius 2 is 2.25 bits per heavy atom. The fourth-order valence-electron chi connectivity index (χ4n) is 2.78. The number of carboxylic acids is 1. The Balaban J connectivity index is 1.72. The van der Waals surface area contributed by atoms with E-state index in [4.69, 9.17) is 14.6 Å². The van der Waals surface area contributed by atoms with Gasteiger partial charge in [0.05, 0.1) is 19.1 Å². The van der Waals surface area contributed by atoms with Gasteiger partial charge in [0.1, 0.15) is 5.60 Å². The van der Waals surface area contributed by atoms with Crippen molar-refractivity contribution in [3.8, 4) is 0 Å². The fourth-order valence-corrected chi connectivity index (χ4v) is 2.78. The topological polar surface area (TPSA) is 96.9 Å². The Morgan fingerprint density at radius 3 is 2.80 bits per heavy atom. The molecule has 0 aromatic heterocycles. The van der Waals surface area contributed by atoms with Crippen LogP contribution in [0.1, 0.15) is 25.7 Å². The van der Waals surface area contributed by atoms with Gasteiger partial charge in [0.25, 0.3) is 0 Å². The number of hydrogen-bond acceptors (Lipinski definition) is 4. The first-order chi connectivity index (χ1) is 9.54. The van der Waals surface area contributed by atoms with Gasteiger partial charge in [-0.25, -0.2) is 4.79 Å². The van der Waals surface area contributed by atoms with Gasteiger partial charge in [-0.2, -0.15) is 0 Å². The van der Waals surface area contributed by atoms with Crippen molar-refractivity contribution in [2.75, 3.05) is 26.9 Å². The molecule has 2 fully saturated rings. The fraction of sp³-hybridized carbons (Fsp3) is 0.846. The van der Waals surface area contributed by atoms with Crippen LogP contribution in [0.15, 0.2) is 0 Å². The number of urea groups is 1. The molecule has 0 aromatic carbocycles. The Bertz CT molecular complexity index is 368. The van der Waals surface area contributed by atoms with E-state index in [0.717, 1.165) is 6.42 Å². The van der Waals surface area contributed by atoms with Crippen LogP contribution in [0.4, 0.5) is 4.79 Å². The SMILES string of the molecule is COC1(CNC(=O)N[C@H]2CC[C@@H](C(=O)O)C2)CCOC1. The summed E-state index contributed by atoms with van der Waals surface area (Å²) in [6.07, 6.45) is 2.59. The lowest BCUT2D eigenvalue weighted by Gasteiger charge is -2.26. The first-order valence-corrected chi connectivity index (χ1v) is 6.95. The summed E-state index contributed by atoms with van der Waals surface area (Å²) < 4.78 is 10.7. The van der Waals surface area contributed by atoms with E-state index in [1.807, 2.05) is 0 Å². The molecule has 0 bridgehead atoms. The molecule has 114 valence electrons. The van der Waals surface area contributed by atoms with Gasteiger partial charge in [-0.15, -0.1) is 0 Å². The molecule has 0 spiro atoms. The molecule has 1 saturated carbocycles. The van der Waals surface area contributed by atoms with Crippen molar-refractivity contribution in [1.29, 1.82) is 0 Å². The minimum atomic E-state index is -0.781. The van der Waals surface area contributed by atoms with Crippen LogP contribution < -0.4 is 10.6 Å². The molecule has 1 saturated heterocycles. The first-order valence-electron chi connectivity index (χ1n) is 6.95. The van der Waals surface area contributed by atoms with E-state index >= 15 is 0 Å². The molecule has 0 aromatic rings. The van der Waals surface area contributed by atoms with Gasteiger partial charge in [0.2, 0.25) is 0 Å². The molecule has 0 radical (unpaired) electrons. The number of carboxylic acid groups (broad SMARTS) is 1. The van der Waals surface area contributed by atoms with Crippen molar-refractivity contribution >= 4 is 12.0 Å². The Kier molecular flexibility index (Phi) is 4.82. The standard InChI is InChI=1S/C13H22N2O5/c1-19-13(4-5-20-8-13)7-14-12(18)15-10-3-2-9(6-10)11(16)17/h9-10H,2-8H2,1H3,(H,16,17)(H2,14,15,18)/t9-,10+,13?/m1/s1. The summed E-state index contributed by atoms with van der Waals surface area (Å²) in [6.45, 7) is 1.51. The Labute approximate surface area is 118 Å². The van der Waals surface area contributed by atoms with Crippen molar-refractivity contribution in [3.05, 3.63) is 0 Å². The minimum Gasteiger partial charge on any atom is -0.481 e. The summed E-state index contributed by atoms with van der Waals surface area (Å²) in [5, 5.41) is 14.5. The molecule has 2 aliphatic rings. The molecule has 1 unspecified atom stereocenters. The van der Waals surface area contributed by atoms with Crippen molar-refractivity contribution < 1.29 is 24.2 Å². The van der Waals surface area contributed by atoms with Crippen LogP contribution in [-0.4, -0.2) is 55.6 Å². The maximum atomic E-state index is 11.8. The summed E-state index contributed by atoms with van der Waals surface area (Å²) >= 11 is 0. The van der Waals surface area contributed by atoms with Crippen molar-refractivity contribution in [3.63, 3.8) is 0 Å². The number of aliphatic carboxylic acids is 1. The number of rotatable bonds is 5. The highest BCUT2D eigenvalue weighted by atomic mass is 16.5. The maximum absolute atomic E-state index is 11.8. The molecular weight excluding hydrogens is 264 g/mol. The highest BCUT2D eigenvalue weighted by Crippen LogP contribution is 2.25. The highest BCUT2D eigenvalue weighted by molar-refractivity contribution is 5.75. The molecule has 7 nitrogen and oxygen atoms in total. The van der Waals surface area contributed by atoms with E-state index in [1.165, 1.54) is 0 Å². The zero-order chi connectivity index (χ0) is 14.6. The van der Waals surface area contributed by atoms with Crippen LogP contribution in [0.2, 0.25) is 0 Å². The van der Waals surface area contributed by atoms with Crippen LogP contribution in [0.3, 0.4) is 0 Å². The number of methoxy groups -OCH3 is 1. The normalized spacial score (nSPS) is 33.0. The molecule has 3 N–H and O–H groups in total. The summed E-state index contributed by atoms with van der Waals surface area (Å²) in [5.41, 5.74) is -0.434. The van der Waals surface area contributed by atoms with Crippen molar-refractivity contribution in [2.45, 2.75) is 37.3 Å². The second-order valence-corrected chi connectivity index (χ2v) is 5.56. The minimum absolute atomic E-state index is 0.0607. The van der Waals surface area contributed by atoms with Gasteiger partial charge in [0, 0.05) is 26.2 Å². The van der Waals surface area contributed by atoms with Crippen LogP contribution >= 0.6 is 0 Å². The number of ether oxygens (including phenoxy) is 2. The zero-order valence-corrected chi connectivity index (χ0v) is 11.7. The molecule has 1 aliphatic carbocycles. The van der Waals surface area contributed by atoms with Gasteiger partial charge >= 0.3 is 12.0 Å². The van der Waals surface area contributed by atoms with E-state index in [9.17, 15) is 9.59 Å². The van der Waals surface area contributed by atoms with Crippen molar-refractivity contribution in [2.24, 2.45) is 5.92 Å². The smallest absolute Gasteiger partial charge is 0.315 e. The van der Waals surface area contributed by atoms with Crippen LogP contribution in [0.25, 0.3) is 0 Å². The number of carbonyl (C=O) groups is 2. The van der Waals surface area contributed by atoms with E-state index in [-0.39, 0.29) is 18.0 Å². The van der Waals surface area contributed by atoms with Gasteiger partial charge in [-0.3, -0.25) is 4.79 Å². The largest absolute Gasteiger partial charge is 0.481 e. The van der Waals surface area contributed by atoms with Crippen LogP contribution in [0.5, 0.6) is 0 Å². The molecule has 1 heterocycles. The molecule has 3 atom stereocenters. The lowest BCUT2D eigenvalue weighted by Crippen LogP contribution is -2.49. The third kappa shape index (κ3) is 3.61. The molecule has 20 heavy (non-hydrogen) atoms. The van der Waals surface area contributed by atoms with E-state index in [2.05, 4.69) is 10.6 Å². The quantitative estimate of drug-likeness (QED) is 0.677. The first kappa shape index (κ1) is 15.1. The lowest BCUT2D eigenvalue weighted by atomic mass is 10.0. The average Bonchev–Trinajstić information content (AvgIpc) is 3.06. The van der Waals surface area contributed by atoms with Gasteiger partial charge < -0.3 is 25.2 Å². The molecule has 1 aliphatic heterocycles. The summed E-state index contributed by atoms with van der Waals surface area (Å²) in [4.78, 5) is 22.7. The Hall–Kier alpha value is -1.34. The maximum Gasteiger partial charge on any atom is 0.315 e. The van der Waals surface area contributed by atoms with Gasteiger partial charge in [0.15, 0.2) is 0 Å². The van der Waals surface area contributed by atoms with E-state index in [0.29, 0.717) is 39.0 Å². The monoisotopic (exact) mass is 286 g/mol. The molecule has 2 rings (SSSR count). The van der Waals surface area contributed by atoms with Gasteiger partial charge in [-0.1, -0.05) is 0 Å². The van der Waals surface area contributed by atoms with Crippen LogP contribution in [0, 0.1) is 5.92 Å². The molecule has 2 amide bonds. The summed E-state index contributed by atoms with van der Waals surface area (Å²) in [6, 6.07) is -0.334. The summed E-state index contributed by atoms with van der Waals surface area (Å²) in [5.74, 6) is -1.12. The van der Waals surface area contributed by atoms with E-state index < -0.39 is 11.6 Å². The molecule has 7 heteroatoms. The number of amides is 2. The molecular formula is C13H22N2O5. The predicted molar refractivity (Wildman–Crippen MR) is 70.5 cm³/mol.